The maximum Gasteiger partial charge on any atom is 0.240 e. The number of H-pyrrole nitrogens is 1. The number of ether oxygens (including phenoxy) is 1. The van der Waals surface area contributed by atoms with Gasteiger partial charge in [-0.05, 0) is 29.8 Å². The van der Waals surface area contributed by atoms with Gasteiger partial charge in [0.05, 0.1) is 12.0 Å². The molecule has 0 radical (unpaired) electrons. The van der Waals surface area contributed by atoms with Gasteiger partial charge in [-0.1, -0.05) is 0 Å². The molecule has 0 aliphatic rings. The number of hydrogen-bond acceptors (Lipinski definition) is 3. The molecule has 0 spiro atoms. The van der Waals surface area contributed by atoms with Crippen molar-refractivity contribution >= 4 is 10.0 Å². The summed E-state index contributed by atoms with van der Waals surface area (Å²) in [5.74, 6) is -0.711. The van der Waals surface area contributed by atoms with Crippen molar-refractivity contribution in [1.82, 2.24) is 9.71 Å². The van der Waals surface area contributed by atoms with Crippen LogP contribution in [-0.2, 0) is 16.6 Å². The Hall–Kier alpha value is -1.86. The van der Waals surface area contributed by atoms with Crippen LogP contribution in [0.15, 0.2) is 41.6 Å². The smallest absolute Gasteiger partial charge is 0.240 e. The summed E-state index contributed by atoms with van der Waals surface area (Å²) in [6.45, 7) is 0.138. The molecular formula is C12H13FN2O3S. The zero-order chi connectivity index (χ0) is 13.9. The number of sulfonamides is 1. The van der Waals surface area contributed by atoms with E-state index >= 15 is 0 Å². The Bertz CT molecular complexity index is 654. The predicted octanol–water partition coefficient (Wildman–Crippen LogP) is 1.64. The number of benzene rings is 1. The minimum absolute atomic E-state index is 0.00424. The van der Waals surface area contributed by atoms with E-state index in [-0.39, 0.29) is 17.2 Å². The van der Waals surface area contributed by atoms with Crippen LogP contribution >= 0.6 is 0 Å². The van der Waals surface area contributed by atoms with Crippen LogP contribution < -0.4 is 9.46 Å². The number of aromatic amines is 1. The lowest BCUT2D eigenvalue weighted by Crippen LogP contribution is -2.23. The van der Waals surface area contributed by atoms with E-state index in [2.05, 4.69) is 9.71 Å². The fraction of sp³-hybridized carbons (Fsp3) is 0.167. The van der Waals surface area contributed by atoms with E-state index in [9.17, 15) is 12.8 Å². The first kappa shape index (κ1) is 13.6. The van der Waals surface area contributed by atoms with E-state index in [4.69, 9.17) is 4.74 Å². The van der Waals surface area contributed by atoms with Crippen LogP contribution in [0.2, 0.25) is 0 Å². The fourth-order valence-electron chi connectivity index (χ4n) is 1.54. The predicted molar refractivity (Wildman–Crippen MR) is 67.8 cm³/mol. The topological polar surface area (TPSA) is 71.2 Å². The standard InChI is InChI=1S/C12H13FN2O3S/c1-18-12-3-2-10(6-11(12)13)19(16,17)15-8-9-4-5-14-7-9/h2-7,14-15H,8H2,1H3. The van der Waals surface area contributed by atoms with E-state index in [0.29, 0.717) is 0 Å². The number of rotatable bonds is 5. The zero-order valence-electron chi connectivity index (χ0n) is 10.2. The largest absolute Gasteiger partial charge is 0.494 e. The molecule has 0 amide bonds. The van der Waals surface area contributed by atoms with Crippen molar-refractivity contribution in [2.45, 2.75) is 11.4 Å². The Morgan fingerprint density at radius 3 is 2.74 bits per heavy atom. The first-order valence-electron chi connectivity index (χ1n) is 5.48. The van der Waals surface area contributed by atoms with Gasteiger partial charge in [-0.15, -0.1) is 0 Å². The van der Waals surface area contributed by atoms with Crippen molar-refractivity contribution < 1.29 is 17.5 Å². The summed E-state index contributed by atoms with van der Waals surface area (Å²) in [5.41, 5.74) is 0.789. The van der Waals surface area contributed by atoms with E-state index < -0.39 is 15.8 Å². The molecule has 0 fully saturated rings. The summed E-state index contributed by atoms with van der Waals surface area (Å²) in [6, 6.07) is 5.25. The summed E-state index contributed by atoms with van der Waals surface area (Å²) in [6.07, 6.45) is 3.37. The summed E-state index contributed by atoms with van der Waals surface area (Å²) in [4.78, 5) is 2.68. The Kier molecular flexibility index (Phi) is 3.87. The Labute approximate surface area is 110 Å². The number of methoxy groups -OCH3 is 1. The molecule has 0 bridgehead atoms. The molecule has 19 heavy (non-hydrogen) atoms. The molecule has 2 aromatic rings. The van der Waals surface area contributed by atoms with E-state index in [0.717, 1.165) is 11.6 Å². The van der Waals surface area contributed by atoms with Gasteiger partial charge in [0.25, 0.3) is 0 Å². The Morgan fingerprint density at radius 2 is 2.16 bits per heavy atom. The van der Waals surface area contributed by atoms with E-state index in [1.54, 1.807) is 18.5 Å². The molecule has 0 saturated carbocycles. The lowest BCUT2D eigenvalue weighted by atomic mass is 10.3. The third-order valence-corrected chi connectivity index (χ3v) is 3.96. The maximum absolute atomic E-state index is 13.5. The van der Waals surface area contributed by atoms with Crippen molar-refractivity contribution in [3.8, 4) is 5.75 Å². The molecule has 0 atom stereocenters. The van der Waals surface area contributed by atoms with Crippen molar-refractivity contribution in [3.05, 3.63) is 48.0 Å². The third-order valence-electron chi connectivity index (χ3n) is 2.56. The zero-order valence-corrected chi connectivity index (χ0v) is 11.0. The number of hydrogen-bond donors (Lipinski definition) is 2. The van der Waals surface area contributed by atoms with Crippen LogP contribution in [0.1, 0.15) is 5.56 Å². The van der Waals surface area contributed by atoms with Crippen LogP contribution in [0.4, 0.5) is 4.39 Å². The molecule has 2 N–H and O–H groups in total. The molecule has 0 aliphatic carbocycles. The van der Waals surface area contributed by atoms with Gasteiger partial charge in [0.2, 0.25) is 10.0 Å². The van der Waals surface area contributed by atoms with Gasteiger partial charge in [-0.25, -0.2) is 17.5 Å². The minimum atomic E-state index is -3.74. The van der Waals surface area contributed by atoms with Crippen LogP contribution in [0.5, 0.6) is 5.75 Å². The molecule has 2 rings (SSSR count). The minimum Gasteiger partial charge on any atom is -0.494 e. The van der Waals surface area contributed by atoms with Crippen molar-refractivity contribution in [1.29, 1.82) is 0 Å². The summed E-state index contributed by atoms with van der Waals surface area (Å²) in [7, 11) is -2.43. The lowest BCUT2D eigenvalue weighted by molar-refractivity contribution is 0.385. The third kappa shape index (κ3) is 3.12. The molecule has 7 heteroatoms. The molecule has 1 heterocycles. The average Bonchev–Trinajstić information content (AvgIpc) is 2.89. The van der Waals surface area contributed by atoms with Crippen LogP contribution in [0.25, 0.3) is 0 Å². The Morgan fingerprint density at radius 1 is 1.37 bits per heavy atom. The monoisotopic (exact) mass is 284 g/mol. The first-order chi connectivity index (χ1) is 9.03. The molecule has 1 aromatic heterocycles. The fourth-order valence-corrected chi connectivity index (χ4v) is 2.57. The van der Waals surface area contributed by atoms with Gasteiger partial charge >= 0.3 is 0 Å². The van der Waals surface area contributed by atoms with Gasteiger partial charge in [0, 0.05) is 18.9 Å². The second-order valence-electron chi connectivity index (χ2n) is 3.84. The van der Waals surface area contributed by atoms with Crippen LogP contribution in [0, 0.1) is 5.82 Å². The normalized spacial score (nSPS) is 11.5. The van der Waals surface area contributed by atoms with Crippen molar-refractivity contribution in [2.75, 3.05) is 7.11 Å². The summed E-state index contributed by atoms with van der Waals surface area (Å²) >= 11 is 0. The molecule has 0 aliphatic heterocycles. The van der Waals surface area contributed by atoms with Gasteiger partial charge in [-0.2, -0.15) is 0 Å². The number of nitrogens with one attached hydrogen (secondary N) is 2. The van der Waals surface area contributed by atoms with Crippen molar-refractivity contribution in [3.63, 3.8) is 0 Å². The number of aromatic nitrogens is 1. The average molecular weight is 284 g/mol. The SMILES string of the molecule is COc1ccc(S(=O)(=O)NCc2cc[nH]c2)cc1F. The quantitative estimate of drug-likeness (QED) is 0.877. The van der Waals surface area contributed by atoms with E-state index in [1.807, 2.05) is 0 Å². The van der Waals surface area contributed by atoms with E-state index in [1.165, 1.54) is 19.2 Å². The van der Waals surface area contributed by atoms with Gasteiger partial charge < -0.3 is 9.72 Å². The van der Waals surface area contributed by atoms with Gasteiger partial charge in [0.15, 0.2) is 11.6 Å². The highest BCUT2D eigenvalue weighted by Crippen LogP contribution is 2.20. The molecule has 1 aromatic carbocycles. The summed E-state index contributed by atoms with van der Waals surface area (Å²) in [5, 5.41) is 0. The molecular weight excluding hydrogens is 271 g/mol. The van der Waals surface area contributed by atoms with Gasteiger partial charge in [0.1, 0.15) is 0 Å². The van der Waals surface area contributed by atoms with Gasteiger partial charge in [-0.3, -0.25) is 0 Å². The summed E-state index contributed by atoms with van der Waals surface area (Å²) < 4.78 is 44.5. The molecule has 0 unspecified atom stereocenters. The molecule has 5 nitrogen and oxygen atoms in total. The maximum atomic E-state index is 13.5. The number of halogens is 1. The first-order valence-corrected chi connectivity index (χ1v) is 6.96. The van der Waals surface area contributed by atoms with Crippen LogP contribution in [0.3, 0.4) is 0 Å². The lowest BCUT2D eigenvalue weighted by Gasteiger charge is -2.07. The Balaban J connectivity index is 2.17. The molecule has 0 saturated heterocycles. The highest BCUT2D eigenvalue weighted by Gasteiger charge is 2.16. The highest BCUT2D eigenvalue weighted by molar-refractivity contribution is 7.89. The van der Waals surface area contributed by atoms with Crippen LogP contribution in [-0.4, -0.2) is 20.5 Å². The second-order valence-corrected chi connectivity index (χ2v) is 5.61. The molecule has 102 valence electrons. The second kappa shape index (κ2) is 5.41. The van der Waals surface area contributed by atoms with Crippen molar-refractivity contribution in [2.24, 2.45) is 0 Å². The highest BCUT2D eigenvalue weighted by atomic mass is 32.2.